The van der Waals surface area contributed by atoms with E-state index >= 15 is 0 Å². The van der Waals surface area contributed by atoms with E-state index in [0.717, 1.165) is 9.40 Å². The number of H-pyrrole nitrogens is 1. The van der Waals surface area contributed by atoms with Gasteiger partial charge in [-0.2, -0.15) is 0 Å². The lowest BCUT2D eigenvalue weighted by atomic mass is 10.3. The molecule has 1 saturated heterocycles. The predicted molar refractivity (Wildman–Crippen MR) is 102 cm³/mol. The van der Waals surface area contributed by atoms with Crippen molar-refractivity contribution in [3.05, 3.63) is 63.4 Å². The monoisotopic (exact) mass is 441 g/mol. The van der Waals surface area contributed by atoms with Crippen LogP contribution in [0, 0.1) is 0 Å². The number of nitrogens with zero attached hydrogens (tertiary/aromatic N) is 2. The van der Waals surface area contributed by atoms with Gasteiger partial charge in [0.1, 0.15) is 18.4 Å². The number of benzene rings is 1. The second kappa shape index (κ2) is 9.83. The van der Waals surface area contributed by atoms with Crippen LogP contribution in [0.3, 0.4) is 0 Å². The summed E-state index contributed by atoms with van der Waals surface area (Å²) in [6.45, 7) is 1.00. The Balaban J connectivity index is 1.60. The summed E-state index contributed by atoms with van der Waals surface area (Å²) in [5.41, 5.74) is -1.20. The average molecular weight is 441 g/mol. The lowest BCUT2D eigenvalue weighted by Gasteiger charge is -2.25. The molecule has 2 unspecified atom stereocenters. The van der Waals surface area contributed by atoms with Crippen LogP contribution in [0.5, 0.6) is 5.75 Å². The van der Waals surface area contributed by atoms with E-state index < -0.39 is 44.0 Å². The highest BCUT2D eigenvalue weighted by molar-refractivity contribution is 7.36. The number of carboxylic acids is 1. The summed E-state index contributed by atoms with van der Waals surface area (Å²) >= 11 is 0. The zero-order valence-electron chi connectivity index (χ0n) is 15.8. The molecule has 0 saturated carbocycles. The van der Waals surface area contributed by atoms with Gasteiger partial charge in [-0.05, 0) is 19.1 Å². The van der Waals surface area contributed by atoms with Gasteiger partial charge in [0, 0.05) is 12.3 Å². The molecule has 12 nitrogen and oxygen atoms in total. The first-order valence-corrected chi connectivity index (χ1v) is 10.1. The number of aromatic amines is 1. The largest absolute Gasteiger partial charge is 0.480 e. The minimum absolute atomic E-state index is 0.00331. The number of hydroxylamine groups is 1. The summed E-state index contributed by atoms with van der Waals surface area (Å²) < 4.78 is 29.9. The standard InChI is InChI=1S/C17H20N3O9P/c1-11(16(22)23)20(29-12-5-3-2-4-6-12)30(25)27-10-15-26-9-14(28-15)19-8-7-13(21)18-17(19)24/h2-8,11,14-15,30H,9-10H2,1H3,(H,22,23)(H,18,21,24)/t11?,14-,15-/m1/s1. The van der Waals surface area contributed by atoms with Crippen molar-refractivity contribution in [1.82, 2.24) is 14.4 Å². The third kappa shape index (κ3) is 5.43. The summed E-state index contributed by atoms with van der Waals surface area (Å²) in [5, 5.41) is 9.26. The second-order valence-corrected chi connectivity index (χ2v) is 7.45. The molecule has 4 atom stereocenters. The van der Waals surface area contributed by atoms with Gasteiger partial charge in [-0.3, -0.25) is 23.7 Å². The van der Waals surface area contributed by atoms with E-state index in [-0.39, 0.29) is 13.2 Å². The van der Waals surface area contributed by atoms with Crippen molar-refractivity contribution >= 4 is 14.1 Å². The number of carboxylic acid groups (broad SMARTS) is 1. The SMILES string of the molecule is CC(C(=O)O)N(Oc1ccccc1)[PH](=O)OC[C@@H]1OC[C@H](n2ccc(=O)[nH]c2=O)O1. The third-order valence-corrected chi connectivity index (χ3v) is 5.33. The molecule has 0 amide bonds. The number of hydrogen-bond donors (Lipinski definition) is 2. The molecule has 0 spiro atoms. The third-order valence-electron chi connectivity index (χ3n) is 4.07. The van der Waals surface area contributed by atoms with Gasteiger partial charge in [0.2, 0.25) is 0 Å². The summed E-state index contributed by atoms with van der Waals surface area (Å²) in [6, 6.07) is 8.16. The summed E-state index contributed by atoms with van der Waals surface area (Å²) in [4.78, 5) is 42.6. The fourth-order valence-electron chi connectivity index (χ4n) is 2.50. The van der Waals surface area contributed by atoms with E-state index in [2.05, 4.69) is 4.98 Å². The number of para-hydroxylation sites is 1. The van der Waals surface area contributed by atoms with Gasteiger partial charge in [0.25, 0.3) is 13.7 Å². The highest BCUT2D eigenvalue weighted by atomic mass is 31.1. The van der Waals surface area contributed by atoms with Crippen LogP contribution in [0.15, 0.2) is 52.2 Å². The first-order chi connectivity index (χ1) is 14.3. The lowest BCUT2D eigenvalue weighted by Crippen LogP contribution is -2.37. The first-order valence-electron chi connectivity index (χ1n) is 8.85. The molecule has 1 fully saturated rings. The van der Waals surface area contributed by atoms with Crippen LogP contribution in [0.25, 0.3) is 0 Å². The molecule has 1 aliphatic rings. The number of hydrogen-bond acceptors (Lipinski definition) is 8. The maximum Gasteiger partial charge on any atom is 0.330 e. The van der Waals surface area contributed by atoms with Gasteiger partial charge in [0.05, 0.1) is 6.61 Å². The molecule has 2 heterocycles. The van der Waals surface area contributed by atoms with E-state index in [1.807, 2.05) is 0 Å². The molecule has 1 aromatic carbocycles. The van der Waals surface area contributed by atoms with Gasteiger partial charge < -0.3 is 23.9 Å². The van der Waals surface area contributed by atoms with Crippen molar-refractivity contribution in [2.75, 3.05) is 13.2 Å². The minimum Gasteiger partial charge on any atom is -0.480 e. The van der Waals surface area contributed by atoms with Gasteiger partial charge in [-0.1, -0.05) is 23.0 Å². The van der Waals surface area contributed by atoms with Crippen LogP contribution in [0.4, 0.5) is 0 Å². The Kier molecular flexibility index (Phi) is 7.19. The van der Waals surface area contributed by atoms with Crippen LogP contribution in [-0.2, 0) is 23.4 Å². The molecule has 1 aliphatic heterocycles. The Morgan fingerprint density at radius 2 is 2.10 bits per heavy atom. The van der Waals surface area contributed by atoms with Crippen molar-refractivity contribution in [3.63, 3.8) is 0 Å². The predicted octanol–water partition coefficient (Wildman–Crippen LogP) is 0.584. The minimum atomic E-state index is -3.15. The molecule has 0 bridgehead atoms. The van der Waals surface area contributed by atoms with Crippen molar-refractivity contribution in [2.24, 2.45) is 0 Å². The molecule has 2 N–H and O–H groups in total. The highest BCUT2D eigenvalue weighted by Gasteiger charge is 2.32. The van der Waals surface area contributed by atoms with Crippen molar-refractivity contribution in [2.45, 2.75) is 25.5 Å². The lowest BCUT2D eigenvalue weighted by molar-refractivity contribution is -0.148. The normalized spacial score (nSPS) is 20.7. The first kappa shape index (κ1) is 21.9. The van der Waals surface area contributed by atoms with E-state index in [0.29, 0.717) is 5.75 Å². The molecule has 162 valence electrons. The Labute approximate surface area is 170 Å². The van der Waals surface area contributed by atoms with Gasteiger partial charge in [-0.25, -0.2) is 4.79 Å². The number of rotatable bonds is 9. The van der Waals surface area contributed by atoms with Crippen molar-refractivity contribution in [3.8, 4) is 5.75 Å². The molecule has 13 heteroatoms. The van der Waals surface area contributed by atoms with Crippen LogP contribution in [0.1, 0.15) is 13.2 Å². The van der Waals surface area contributed by atoms with E-state index in [1.165, 1.54) is 19.2 Å². The van der Waals surface area contributed by atoms with Gasteiger partial charge in [0.15, 0.2) is 12.5 Å². The number of ether oxygens (including phenoxy) is 2. The number of nitrogens with one attached hydrogen (secondary N) is 1. The maximum atomic E-state index is 12.6. The molecule has 3 rings (SSSR count). The van der Waals surface area contributed by atoms with E-state index in [4.69, 9.17) is 18.8 Å². The maximum absolute atomic E-state index is 12.6. The number of carbonyl (C=O) groups is 1. The fraction of sp³-hybridized carbons (Fsp3) is 0.353. The second-order valence-electron chi connectivity index (χ2n) is 6.19. The number of aliphatic carboxylic acids is 1. The molecule has 0 radical (unpaired) electrons. The Bertz CT molecular complexity index is 1010. The topological polar surface area (TPSA) is 149 Å². The average Bonchev–Trinajstić information content (AvgIpc) is 3.19. The quantitative estimate of drug-likeness (QED) is 0.418. The molecule has 2 aromatic rings. The van der Waals surface area contributed by atoms with Crippen molar-refractivity contribution < 1.29 is 33.3 Å². The molecular formula is C17H20N3O9P. The number of aromatic nitrogens is 2. The Morgan fingerprint density at radius 3 is 2.77 bits per heavy atom. The van der Waals surface area contributed by atoms with E-state index in [1.54, 1.807) is 30.3 Å². The van der Waals surface area contributed by atoms with Crippen LogP contribution >= 0.6 is 8.18 Å². The summed E-state index contributed by atoms with van der Waals surface area (Å²) in [6.07, 6.45) is -0.494. The fourth-order valence-corrected chi connectivity index (χ4v) is 3.52. The summed E-state index contributed by atoms with van der Waals surface area (Å²) in [7, 11) is -3.15. The van der Waals surface area contributed by atoms with E-state index in [9.17, 15) is 24.1 Å². The summed E-state index contributed by atoms with van der Waals surface area (Å²) in [5.74, 6) is -0.961. The zero-order valence-corrected chi connectivity index (χ0v) is 16.8. The molecule has 1 aromatic heterocycles. The van der Waals surface area contributed by atoms with Gasteiger partial charge in [-0.15, -0.1) is 0 Å². The van der Waals surface area contributed by atoms with Crippen molar-refractivity contribution in [1.29, 1.82) is 0 Å². The molecule has 0 aliphatic carbocycles. The highest BCUT2D eigenvalue weighted by Crippen LogP contribution is 2.34. The van der Waals surface area contributed by atoms with Gasteiger partial charge >= 0.3 is 11.7 Å². The van der Waals surface area contributed by atoms with Crippen LogP contribution in [-0.4, -0.2) is 51.0 Å². The molecular weight excluding hydrogens is 421 g/mol. The Morgan fingerprint density at radius 1 is 1.37 bits per heavy atom. The molecule has 30 heavy (non-hydrogen) atoms. The Hall–Kier alpha value is -2.76. The smallest absolute Gasteiger partial charge is 0.330 e. The van der Waals surface area contributed by atoms with Crippen LogP contribution < -0.4 is 16.1 Å². The van der Waals surface area contributed by atoms with Crippen LogP contribution in [0.2, 0.25) is 0 Å². The zero-order chi connectivity index (χ0) is 21.7.